The number of hydrogen-bond acceptors (Lipinski definition) is 8. The number of amides is 2. The number of fused-ring (bicyclic) bond motifs is 1. The van der Waals surface area contributed by atoms with Crippen molar-refractivity contribution in [3.63, 3.8) is 0 Å². The molecule has 1 N–H and O–H groups in total. The molecule has 1 aliphatic rings. The van der Waals surface area contributed by atoms with Gasteiger partial charge in [-0.2, -0.15) is 0 Å². The fourth-order valence-corrected chi connectivity index (χ4v) is 4.30. The second kappa shape index (κ2) is 10.4. The van der Waals surface area contributed by atoms with E-state index in [-0.39, 0.29) is 17.7 Å². The third-order valence-corrected chi connectivity index (χ3v) is 6.08. The minimum atomic E-state index is -0.540. The van der Waals surface area contributed by atoms with Gasteiger partial charge in [-0.1, -0.05) is 18.2 Å². The van der Waals surface area contributed by atoms with Crippen molar-refractivity contribution in [1.82, 2.24) is 24.8 Å². The van der Waals surface area contributed by atoms with Crippen LogP contribution in [0.3, 0.4) is 0 Å². The summed E-state index contributed by atoms with van der Waals surface area (Å²) in [6.07, 6.45) is 6.27. The van der Waals surface area contributed by atoms with Crippen molar-refractivity contribution in [3.8, 4) is 11.4 Å². The van der Waals surface area contributed by atoms with E-state index in [2.05, 4.69) is 30.2 Å². The molecule has 194 valence electrons. The van der Waals surface area contributed by atoms with Crippen LogP contribution < -0.4 is 10.2 Å². The fourth-order valence-electron chi connectivity index (χ4n) is 4.30. The van der Waals surface area contributed by atoms with Crippen molar-refractivity contribution in [3.05, 3.63) is 72.9 Å². The van der Waals surface area contributed by atoms with Crippen molar-refractivity contribution in [2.75, 3.05) is 36.4 Å². The highest BCUT2D eigenvalue weighted by molar-refractivity contribution is 6.05. The summed E-state index contributed by atoms with van der Waals surface area (Å²) < 4.78 is 5.49. The van der Waals surface area contributed by atoms with Crippen LogP contribution in [0.25, 0.3) is 22.3 Å². The van der Waals surface area contributed by atoms with E-state index in [1.807, 2.05) is 57.2 Å². The molecule has 0 radical (unpaired) electrons. The number of benzene rings is 1. The molecule has 1 fully saturated rings. The highest BCUT2D eigenvalue weighted by Crippen LogP contribution is 2.27. The molecule has 1 saturated heterocycles. The normalized spacial score (nSPS) is 13.9. The monoisotopic (exact) mass is 511 g/mol. The predicted octanol–water partition coefficient (Wildman–Crippen LogP) is 4.40. The first-order valence-corrected chi connectivity index (χ1v) is 12.4. The van der Waals surface area contributed by atoms with Crippen molar-refractivity contribution in [2.24, 2.45) is 0 Å². The van der Waals surface area contributed by atoms with Gasteiger partial charge in [-0.15, -0.1) is 0 Å². The number of nitrogens with zero attached hydrogens (tertiary/aromatic N) is 6. The molecule has 0 saturated carbocycles. The lowest BCUT2D eigenvalue weighted by Crippen LogP contribution is -2.50. The summed E-state index contributed by atoms with van der Waals surface area (Å²) >= 11 is 0. The first kappa shape index (κ1) is 25.1. The van der Waals surface area contributed by atoms with Gasteiger partial charge in [0.2, 0.25) is 0 Å². The van der Waals surface area contributed by atoms with Gasteiger partial charge in [0.05, 0.1) is 23.1 Å². The second-order valence-corrected chi connectivity index (χ2v) is 9.95. The van der Waals surface area contributed by atoms with Crippen LogP contribution in [0.1, 0.15) is 31.3 Å². The van der Waals surface area contributed by atoms with E-state index >= 15 is 0 Å². The van der Waals surface area contributed by atoms with Crippen LogP contribution in [-0.2, 0) is 4.74 Å². The van der Waals surface area contributed by atoms with Crippen LogP contribution in [0.2, 0.25) is 0 Å². The molecule has 3 aromatic heterocycles. The Balaban J connectivity index is 1.31. The van der Waals surface area contributed by atoms with Crippen molar-refractivity contribution in [2.45, 2.75) is 26.4 Å². The van der Waals surface area contributed by atoms with Crippen LogP contribution >= 0.6 is 0 Å². The van der Waals surface area contributed by atoms with E-state index in [1.165, 1.54) is 0 Å². The van der Waals surface area contributed by atoms with Gasteiger partial charge in [0.25, 0.3) is 5.91 Å². The second-order valence-electron chi connectivity index (χ2n) is 9.95. The molecule has 1 aromatic carbocycles. The van der Waals surface area contributed by atoms with Gasteiger partial charge in [-0.3, -0.25) is 14.8 Å². The number of hydrogen-bond donors (Lipinski definition) is 1. The zero-order valence-corrected chi connectivity index (χ0v) is 21.6. The standard InChI is InChI=1S/C28H29N7O3/c1-28(2,3)38-27(37)35-16-14-34(15-17-35)23-10-12-29-18-22(23)33-26(36)21-9-13-31-25(32-21)20-8-4-6-19-7-5-11-30-24(19)20/h4-13,18H,14-17H2,1-3H3,(H,33,36). The quantitative estimate of drug-likeness (QED) is 0.429. The van der Waals surface area contributed by atoms with Crippen molar-refractivity contribution in [1.29, 1.82) is 0 Å². The fraction of sp³-hybridized carbons (Fsp3) is 0.286. The number of piperazine rings is 1. The van der Waals surface area contributed by atoms with Gasteiger partial charge in [0, 0.05) is 55.7 Å². The number of para-hydroxylation sites is 1. The van der Waals surface area contributed by atoms with Gasteiger partial charge in [-0.25, -0.2) is 14.8 Å². The lowest BCUT2D eigenvalue weighted by Gasteiger charge is -2.37. The SMILES string of the molecule is CC(C)(C)OC(=O)N1CCN(c2ccncc2NC(=O)c2ccnc(-c3cccc4cccnc34)n2)CC1. The topological polar surface area (TPSA) is 113 Å². The maximum atomic E-state index is 13.2. The van der Waals surface area contributed by atoms with Crippen LogP contribution in [0.5, 0.6) is 0 Å². The van der Waals surface area contributed by atoms with E-state index in [1.54, 1.807) is 35.8 Å². The summed E-state index contributed by atoms with van der Waals surface area (Å²) in [6, 6.07) is 13.1. The lowest BCUT2D eigenvalue weighted by molar-refractivity contribution is 0.0240. The molecule has 1 aliphatic heterocycles. The molecule has 0 bridgehead atoms. The summed E-state index contributed by atoms with van der Waals surface area (Å²) in [4.78, 5) is 47.1. The third-order valence-electron chi connectivity index (χ3n) is 6.08. The van der Waals surface area contributed by atoms with Crippen LogP contribution in [0.15, 0.2) is 67.3 Å². The summed E-state index contributed by atoms with van der Waals surface area (Å²) in [5.41, 5.74) is 2.60. The average Bonchev–Trinajstić information content (AvgIpc) is 2.92. The van der Waals surface area contributed by atoms with Gasteiger partial charge in [-0.05, 0) is 45.0 Å². The third kappa shape index (κ3) is 5.54. The van der Waals surface area contributed by atoms with Gasteiger partial charge in [0.15, 0.2) is 5.82 Å². The molecule has 0 spiro atoms. The first-order valence-electron chi connectivity index (χ1n) is 12.4. The molecule has 10 heteroatoms. The number of aromatic nitrogens is 4. The summed E-state index contributed by atoms with van der Waals surface area (Å²) in [5.74, 6) is 0.0510. The van der Waals surface area contributed by atoms with E-state index in [9.17, 15) is 9.59 Å². The van der Waals surface area contributed by atoms with Crippen LogP contribution in [0.4, 0.5) is 16.2 Å². The van der Waals surface area contributed by atoms with Gasteiger partial charge >= 0.3 is 6.09 Å². The molecule has 4 heterocycles. The number of pyridine rings is 2. The molecule has 2 amide bonds. The Hall–Kier alpha value is -4.60. The van der Waals surface area contributed by atoms with E-state index in [0.717, 1.165) is 22.2 Å². The smallest absolute Gasteiger partial charge is 0.410 e. The Morgan fingerprint density at radius 1 is 0.921 bits per heavy atom. The summed E-state index contributed by atoms with van der Waals surface area (Å²) in [6.45, 7) is 7.78. The maximum Gasteiger partial charge on any atom is 0.410 e. The molecule has 10 nitrogen and oxygen atoms in total. The van der Waals surface area contributed by atoms with E-state index in [4.69, 9.17) is 4.74 Å². The number of ether oxygens (including phenoxy) is 1. The first-order chi connectivity index (χ1) is 18.3. The molecule has 0 aliphatic carbocycles. The number of nitrogens with one attached hydrogen (secondary N) is 1. The molecule has 5 rings (SSSR count). The zero-order chi connectivity index (χ0) is 26.7. The van der Waals surface area contributed by atoms with Gasteiger partial charge in [0.1, 0.15) is 11.3 Å². The Kier molecular flexibility index (Phi) is 6.87. The molecule has 0 atom stereocenters. The predicted molar refractivity (Wildman–Crippen MR) is 145 cm³/mol. The Bertz CT molecular complexity index is 1470. The van der Waals surface area contributed by atoms with Crippen molar-refractivity contribution >= 4 is 34.3 Å². The zero-order valence-electron chi connectivity index (χ0n) is 21.6. The maximum absolute atomic E-state index is 13.2. The van der Waals surface area contributed by atoms with Crippen LogP contribution in [-0.4, -0.2) is 68.6 Å². The highest BCUT2D eigenvalue weighted by Gasteiger charge is 2.27. The molecule has 0 unspecified atom stereocenters. The number of carbonyl (C=O) groups excluding carboxylic acids is 2. The number of carbonyl (C=O) groups is 2. The number of rotatable bonds is 4. The summed E-state index contributed by atoms with van der Waals surface area (Å²) in [5, 5.41) is 3.92. The minimum absolute atomic E-state index is 0.229. The Morgan fingerprint density at radius 3 is 2.50 bits per heavy atom. The van der Waals surface area contributed by atoms with Gasteiger partial charge < -0.3 is 19.9 Å². The highest BCUT2D eigenvalue weighted by atomic mass is 16.6. The average molecular weight is 512 g/mol. The minimum Gasteiger partial charge on any atom is -0.444 e. The molecule has 38 heavy (non-hydrogen) atoms. The van der Waals surface area contributed by atoms with Crippen molar-refractivity contribution < 1.29 is 14.3 Å². The van der Waals surface area contributed by atoms with Crippen LogP contribution in [0, 0.1) is 0 Å². The molecule has 4 aromatic rings. The number of anilines is 2. The molecular weight excluding hydrogens is 482 g/mol. The van der Waals surface area contributed by atoms with E-state index in [0.29, 0.717) is 37.7 Å². The Morgan fingerprint density at radius 2 is 1.71 bits per heavy atom. The summed E-state index contributed by atoms with van der Waals surface area (Å²) in [7, 11) is 0. The molecular formula is C28H29N7O3. The Labute approximate surface area is 220 Å². The van der Waals surface area contributed by atoms with E-state index < -0.39 is 5.60 Å². The largest absolute Gasteiger partial charge is 0.444 e. The lowest BCUT2D eigenvalue weighted by atomic mass is 10.1.